The van der Waals surface area contributed by atoms with E-state index in [4.69, 9.17) is 0 Å². The third-order valence-corrected chi connectivity index (χ3v) is 7.04. The van der Waals surface area contributed by atoms with Gasteiger partial charge < -0.3 is 4.90 Å². The molecule has 0 radical (unpaired) electrons. The number of aromatic nitrogens is 2. The lowest BCUT2D eigenvalue weighted by Crippen LogP contribution is -2.46. The molecule has 0 bridgehead atoms. The molecule has 7 heteroatoms. The molecule has 0 spiro atoms. The summed E-state index contributed by atoms with van der Waals surface area (Å²) in [5, 5.41) is 4.26. The van der Waals surface area contributed by atoms with E-state index in [0.717, 1.165) is 12.0 Å². The molecule has 4 rings (SSSR count). The predicted molar refractivity (Wildman–Crippen MR) is 98.3 cm³/mol. The Labute approximate surface area is 153 Å². The summed E-state index contributed by atoms with van der Waals surface area (Å²) < 4.78 is 26.1. The fraction of sp³-hybridized carbons (Fsp3) is 0.474. The quantitative estimate of drug-likeness (QED) is 0.822. The standard InChI is InChI=1S/C19H23N3O3S/c1-2-21-12-15(11-20-21)18-13-26(24,25)9-8-22(18)19(23)17-10-16(17)14-6-4-3-5-7-14/h3-7,11-12,16-18H,2,8-10,13H2,1H3/t16-,17+,18-/m0/s1. The van der Waals surface area contributed by atoms with E-state index in [9.17, 15) is 13.2 Å². The number of carbonyl (C=O) groups excluding carboxylic acids is 1. The van der Waals surface area contributed by atoms with Crippen LogP contribution in [0.15, 0.2) is 42.7 Å². The topological polar surface area (TPSA) is 72.3 Å². The van der Waals surface area contributed by atoms with Crippen LogP contribution in [0.5, 0.6) is 0 Å². The van der Waals surface area contributed by atoms with Crippen molar-refractivity contribution in [2.24, 2.45) is 5.92 Å². The van der Waals surface area contributed by atoms with Gasteiger partial charge in [0.1, 0.15) is 0 Å². The van der Waals surface area contributed by atoms with E-state index in [1.165, 1.54) is 5.56 Å². The van der Waals surface area contributed by atoms with E-state index in [1.807, 2.05) is 31.3 Å². The molecule has 2 aromatic rings. The second-order valence-electron chi connectivity index (χ2n) is 7.15. The van der Waals surface area contributed by atoms with Gasteiger partial charge in [0.25, 0.3) is 0 Å². The first-order valence-corrected chi connectivity index (χ1v) is 10.9. The van der Waals surface area contributed by atoms with Crippen LogP contribution in [-0.2, 0) is 21.2 Å². The van der Waals surface area contributed by atoms with Crippen molar-refractivity contribution in [2.45, 2.75) is 31.8 Å². The number of aryl methyl sites for hydroxylation is 1. The van der Waals surface area contributed by atoms with Gasteiger partial charge in [0.2, 0.25) is 5.91 Å². The summed E-state index contributed by atoms with van der Waals surface area (Å²) in [4.78, 5) is 14.9. The predicted octanol–water partition coefficient (Wildman–Crippen LogP) is 2.00. The fourth-order valence-corrected chi connectivity index (χ4v) is 5.32. The highest BCUT2D eigenvalue weighted by molar-refractivity contribution is 7.91. The largest absolute Gasteiger partial charge is 0.333 e. The van der Waals surface area contributed by atoms with Crippen LogP contribution in [0, 0.1) is 5.92 Å². The maximum absolute atomic E-state index is 13.1. The minimum absolute atomic E-state index is 0.0170. The zero-order valence-electron chi connectivity index (χ0n) is 14.8. The summed E-state index contributed by atoms with van der Waals surface area (Å²) in [6.07, 6.45) is 4.39. The lowest BCUT2D eigenvalue weighted by molar-refractivity contribution is -0.134. The first kappa shape index (κ1) is 17.3. The monoisotopic (exact) mass is 373 g/mol. The smallest absolute Gasteiger partial charge is 0.226 e. The highest BCUT2D eigenvalue weighted by Crippen LogP contribution is 2.49. The Morgan fingerprint density at radius 3 is 2.69 bits per heavy atom. The molecule has 2 fully saturated rings. The minimum atomic E-state index is -3.15. The van der Waals surface area contributed by atoms with E-state index in [1.54, 1.807) is 15.8 Å². The summed E-state index contributed by atoms with van der Waals surface area (Å²) in [5.74, 6) is 0.308. The van der Waals surface area contributed by atoms with Crippen molar-refractivity contribution in [3.8, 4) is 0 Å². The highest BCUT2D eigenvalue weighted by Gasteiger charge is 2.48. The molecule has 1 aliphatic heterocycles. The van der Waals surface area contributed by atoms with E-state index >= 15 is 0 Å². The summed E-state index contributed by atoms with van der Waals surface area (Å²) in [5.41, 5.74) is 1.99. The van der Waals surface area contributed by atoms with Gasteiger partial charge in [-0.3, -0.25) is 9.48 Å². The van der Waals surface area contributed by atoms with Crippen LogP contribution in [0.25, 0.3) is 0 Å². The van der Waals surface area contributed by atoms with Crippen molar-refractivity contribution in [1.29, 1.82) is 0 Å². The second kappa shape index (κ2) is 6.54. The van der Waals surface area contributed by atoms with Crippen LogP contribution in [0.3, 0.4) is 0 Å². The Kier molecular flexibility index (Phi) is 4.34. The summed E-state index contributed by atoms with van der Waals surface area (Å²) in [6.45, 7) is 2.96. The Balaban J connectivity index is 1.56. The van der Waals surface area contributed by atoms with Gasteiger partial charge in [-0.1, -0.05) is 30.3 Å². The molecule has 0 unspecified atom stereocenters. The molecule has 2 aliphatic rings. The van der Waals surface area contributed by atoms with Crippen molar-refractivity contribution in [3.63, 3.8) is 0 Å². The summed E-state index contributed by atoms with van der Waals surface area (Å²) >= 11 is 0. The van der Waals surface area contributed by atoms with Crippen molar-refractivity contribution in [3.05, 3.63) is 53.9 Å². The SMILES string of the molecule is CCn1cc([C@@H]2CS(=O)(=O)CCN2C(=O)[C@@H]2C[C@H]2c2ccccc2)cn1. The molecule has 1 aromatic carbocycles. The first-order valence-electron chi connectivity index (χ1n) is 9.06. The molecular weight excluding hydrogens is 350 g/mol. The third-order valence-electron chi connectivity index (χ3n) is 5.41. The van der Waals surface area contributed by atoms with Crippen LogP contribution in [0.2, 0.25) is 0 Å². The molecule has 138 valence electrons. The normalized spacial score (nSPS) is 27.3. The van der Waals surface area contributed by atoms with Crippen molar-refractivity contribution in [2.75, 3.05) is 18.1 Å². The molecule has 1 amide bonds. The lowest BCUT2D eigenvalue weighted by Gasteiger charge is -2.35. The average Bonchev–Trinajstić information content (AvgIpc) is 3.30. The number of hydrogen-bond donors (Lipinski definition) is 0. The Bertz CT molecular complexity index is 907. The van der Waals surface area contributed by atoms with Crippen molar-refractivity contribution >= 4 is 15.7 Å². The Morgan fingerprint density at radius 1 is 1.23 bits per heavy atom. The zero-order valence-corrected chi connectivity index (χ0v) is 15.6. The Hall–Kier alpha value is -2.15. The zero-order chi connectivity index (χ0) is 18.3. The van der Waals surface area contributed by atoms with E-state index in [2.05, 4.69) is 17.2 Å². The number of nitrogens with zero attached hydrogens (tertiary/aromatic N) is 3. The van der Waals surface area contributed by atoms with Gasteiger partial charge in [0, 0.05) is 30.8 Å². The van der Waals surface area contributed by atoms with E-state index in [-0.39, 0.29) is 35.8 Å². The molecule has 1 aliphatic carbocycles. The molecule has 26 heavy (non-hydrogen) atoms. The summed E-state index contributed by atoms with van der Waals surface area (Å²) in [7, 11) is -3.15. The first-order chi connectivity index (χ1) is 12.5. The number of sulfone groups is 1. The van der Waals surface area contributed by atoms with Gasteiger partial charge in [-0.25, -0.2) is 8.42 Å². The third kappa shape index (κ3) is 3.28. The maximum atomic E-state index is 13.1. The molecular formula is C19H23N3O3S. The van der Waals surface area contributed by atoms with Crippen LogP contribution >= 0.6 is 0 Å². The van der Waals surface area contributed by atoms with E-state index in [0.29, 0.717) is 6.54 Å². The van der Waals surface area contributed by atoms with Crippen molar-refractivity contribution < 1.29 is 13.2 Å². The number of hydrogen-bond acceptors (Lipinski definition) is 4. The van der Waals surface area contributed by atoms with Crippen molar-refractivity contribution in [1.82, 2.24) is 14.7 Å². The summed E-state index contributed by atoms with van der Waals surface area (Å²) in [6, 6.07) is 9.64. The lowest BCUT2D eigenvalue weighted by atomic mass is 10.1. The van der Waals surface area contributed by atoms with Gasteiger partial charge in [0.05, 0.1) is 23.7 Å². The van der Waals surface area contributed by atoms with E-state index < -0.39 is 15.9 Å². The molecule has 3 atom stereocenters. The van der Waals surface area contributed by atoms with Gasteiger partial charge in [0.15, 0.2) is 9.84 Å². The number of amides is 1. The second-order valence-corrected chi connectivity index (χ2v) is 9.38. The van der Waals surface area contributed by atoms with Crippen LogP contribution in [0.1, 0.15) is 36.4 Å². The molecule has 6 nitrogen and oxygen atoms in total. The number of benzene rings is 1. The number of rotatable bonds is 4. The molecule has 1 saturated heterocycles. The van der Waals surface area contributed by atoms with Gasteiger partial charge >= 0.3 is 0 Å². The van der Waals surface area contributed by atoms with Gasteiger partial charge in [-0.05, 0) is 24.8 Å². The van der Waals surface area contributed by atoms with Crippen LogP contribution in [0.4, 0.5) is 0 Å². The van der Waals surface area contributed by atoms with Crippen LogP contribution < -0.4 is 0 Å². The molecule has 2 heterocycles. The van der Waals surface area contributed by atoms with Gasteiger partial charge in [-0.15, -0.1) is 0 Å². The molecule has 1 aromatic heterocycles. The number of carbonyl (C=O) groups is 1. The maximum Gasteiger partial charge on any atom is 0.226 e. The fourth-order valence-electron chi connectivity index (χ4n) is 3.82. The molecule has 0 N–H and O–H groups in total. The Morgan fingerprint density at radius 2 is 2.00 bits per heavy atom. The highest BCUT2D eigenvalue weighted by atomic mass is 32.2. The molecule has 1 saturated carbocycles. The average molecular weight is 373 g/mol. The van der Waals surface area contributed by atoms with Gasteiger partial charge in [-0.2, -0.15) is 5.10 Å². The minimum Gasteiger partial charge on any atom is -0.333 e. The van der Waals surface area contributed by atoms with Crippen LogP contribution in [-0.4, -0.2) is 47.1 Å².